The highest BCUT2D eigenvalue weighted by atomic mass is 16.4. The molecule has 0 saturated heterocycles. The Hall–Kier alpha value is -3.60. The number of nitrogens with zero attached hydrogens (tertiary/aromatic N) is 1. The van der Waals surface area contributed by atoms with Gasteiger partial charge in [0.1, 0.15) is 0 Å². The molecule has 0 aliphatic carbocycles. The second-order valence-electron chi connectivity index (χ2n) is 7.03. The van der Waals surface area contributed by atoms with Crippen molar-refractivity contribution in [2.75, 3.05) is 0 Å². The largest absolute Gasteiger partial charge is 0.478 e. The molecule has 0 aliphatic heterocycles. The van der Waals surface area contributed by atoms with Crippen molar-refractivity contribution in [3.8, 4) is 11.1 Å². The van der Waals surface area contributed by atoms with E-state index in [-0.39, 0.29) is 11.3 Å². The zero-order chi connectivity index (χ0) is 21.5. The van der Waals surface area contributed by atoms with Gasteiger partial charge in [-0.1, -0.05) is 66.8 Å². The molecule has 0 bridgehead atoms. The predicted molar refractivity (Wildman–Crippen MR) is 120 cm³/mol. The van der Waals surface area contributed by atoms with Crippen LogP contribution in [0.2, 0.25) is 0 Å². The van der Waals surface area contributed by atoms with Gasteiger partial charge >= 0.3 is 11.7 Å². The molecule has 0 amide bonds. The van der Waals surface area contributed by atoms with Crippen molar-refractivity contribution in [1.29, 1.82) is 0 Å². The minimum Gasteiger partial charge on any atom is -0.478 e. The Morgan fingerprint density at radius 3 is 2.40 bits per heavy atom. The number of carbonyl (C=O) groups is 1. The lowest BCUT2D eigenvalue weighted by Gasteiger charge is -2.10. The number of aromatic carboxylic acids is 1. The molecular weight excluding hydrogens is 376 g/mol. The summed E-state index contributed by atoms with van der Waals surface area (Å²) >= 11 is 0. The van der Waals surface area contributed by atoms with Crippen LogP contribution >= 0.6 is 0 Å². The van der Waals surface area contributed by atoms with Crippen molar-refractivity contribution >= 4 is 5.97 Å². The fourth-order valence-corrected chi connectivity index (χ4v) is 3.48. The van der Waals surface area contributed by atoms with Gasteiger partial charge in [-0.15, -0.1) is 0 Å². The highest BCUT2D eigenvalue weighted by Gasteiger charge is 2.14. The van der Waals surface area contributed by atoms with Crippen LogP contribution in [-0.4, -0.2) is 20.6 Å². The number of hydrogen-bond acceptors (Lipinski definition) is 2. The van der Waals surface area contributed by atoms with Gasteiger partial charge in [0.25, 0.3) is 0 Å². The Labute approximate surface area is 176 Å². The van der Waals surface area contributed by atoms with Gasteiger partial charge in [0.2, 0.25) is 0 Å². The maximum Gasteiger partial charge on any atom is 0.336 e. The standard InChI is InChI=1S/C25H26N2O3/c1-3-5-11-22-23(27(16-6-4-2)25(30)26-22)17-18-12-14-19(15-13-18)20-9-7-8-10-21(20)24(28)29/h3-10,12-15H,11,16-17H2,1-2H3,(H,26,30)(H,28,29). The fourth-order valence-electron chi connectivity index (χ4n) is 3.48. The number of hydrogen-bond donors (Lipinski definition) is 2. The van der Waals surface area contributed by atoms with E-state index in [1.165, 1.54) is 0 Å². The van der Waals surface area contributed by atoms with Gasteiger partial charge in [0.15, 0.2) is 0 Å². The van der Waals surface area contributed by atoms with Crippen LogP contribution in [0.4, 0.5) is 0 Å². The number of benzene rings is 2. The topological polar surface area (TPSA) is 75.1 Å². The van der Waals surface area contributed by atoms with Crippen LogP contribution in [0.3, 0.4) is 0 Å². The minimum atomic E-state index is -0.941. The number of carboxylic acid groups (broad SMARTS) is 1. The molecule has 0 unspecified atom stereocenters. The summed E-state index contributed by atoms with van der Waals surface area (Å²) in [6, 6.07) is 14.8. The van der Waals surface area contributed by atoms with Crippen molar-refractivity contribution in [3.63, 3.8) is 0 Å². The predicted octanol–water partition coefficient (Wildman–Crippen LogP) is 4.83. The average Bonchev–Trinajstić information content (AvgIpc) is 3.05. The lowest BCUT2D eigenvalue weighted by molar-refractivity contribution is 0.0697. The van der Waals surface area contributed by atoms with E-state index in [1.54, 1.807) is 16.7 Å². The van der Waals surface area contributed by atoms with Crippen LogP contribution in [0.1, 0.15) is 41.2 Å². The maximum absolute atomic E-state index is 12.5. The molecule has 0 saturated carbocycles. The zero-order valence-corrected chi connectivity index (χ0v) is 17.3. The van der Waals surface area contributed by atoms with Gasteiger partial charge in [-0.2, -0.15) is 0 Å². The molecule has 0 atom stereocenters. The second kappa shape index (κ2) is 9.74. The average molecular weight is 402 g/mol. The minimum absolute atomic E-state index is 0.102. The highest BCUT2D eigenvalue weighted by molar-refractivity contribution is 5.95. The van der Waals surface area contributed by atoms with E-state index in [1.807, 2.05) is 74.5 Å². The van der Waals surface area contributed by atoms with Crippen molar-refractivity contribution in [1.82, 2.24) is 9.55 Å². The second-order valence-corrected chi connectivity index (χ2v) is 7.03. The van der Waals surface area contributed by atoms with Crippen LogP contribution < -0.4 is 5.69 Å². The Balaban J connectivity index is 1.94. The van der Waals surface area contributed by atoms with Gasteiger partial charge in [-0.05, 0) is 36.6 Å². The normalized spacial score (nSPS) is 11.5. The molecule has 30 heavy (non-hydrogen) atoms. The van der Waals surface area contributed by atoms with Crippen molar-refractivity contribution < 1.29 is 9.90 Å². The Bertz CT molecular complexity index is 1130. The number of allylic oxidation sites excluding steroid dienone is 4. The van der Waals surface area contributed by atoms with Crippen molar-refractivity contribution in [2.45, 2.75) is 33.2 Å². The first-order valence-corrected chi connectivity index (χ1v) is 9.99. The molecule has 5 nitrogen and oxygen atoms in total. The van der Waals surface area contributed by atoms with Gasteiger partial charge < -0.3 is 10.1 Å². The third-order valence-electron chi connectivity index (χ3n) is 5.05. The van der Waals surface area contributed by atoms with E-state index < -0.39 is 5.97 Å². The molecule has 0 aliphatic rings. The summed E-state index contributed by atoms with van der Waals surface area (Å²) in [6.45, 7) is 4.43. The van der Waals surface area contributed by atoms with Crippen LogP contribution in [0.25, 0.3) is 11.1 Å². The number of nitrogens with one attached hydrogen (secondary N) is 1. The number of carboxylic acids is 1. The molecule has 0 fully saturated rings. The third-order valence-corrected chi connectivity index (χ3v) is 5.05. The summed E-state index contributed by atoms with van der Waals surface area (Å²) < 4.78 is 1.77. The summed E-state index contributed by atoms with van der Waals surface area (Å²) in [5, 5.41) is 9.43. The number of rotatable bonds is 8. The summed E-state index contributed by atoms with van der Waals surface area (Å²) in [5.41, 5.74) is 4.67. The summed E-state index contributed by atoms with van der Waals surface area (Å²) in [5.74, 6) is -0.941. The van der Waals surface area contributed by atoms with E-state index in [0.717, 1.165) is 22.5 Å². The van der Waals surface area contributed by atoms with E-state index >= 15 is 0 Å². The quantitative estimate of drug-likeness (QED) is 0.530. The van der Waals surface area contributed by atoms with Crippen LogP contribution in [0.5, 0.6) is 0 Å². The monoisotopic (exact) mass is 402 g/mol. The summed E-state index contributed by atoms with van der Waals surface area (Å²) in [7, 11) is 0. The molecule has 1 heterocycles. The van der Waals surface area contributed by atoms with E-state index in [4.69, 9.17) is 0 Å². The molecule has 2 N–H and O–H groups in total. The number of aromatic amines is 1. The molecular formula is C25H26N2O3. The Morgan fingerprint density at radius 2 is 1.73 bits per heavy atom. The fraction of sp³-hybridized carbons (Fsp3) is 0.200. The molecule has 3 aromatic rings. The SMILES string of the molecule is CC=CCc1[nH]c(=O)n(CC=CC)c1Cc1ccc(-c2ccccc2C(=O)O)cc1. The van der Waals surface area contributed by atoms with Crippen LogP contribution in [0.15, 0.2) is 77.6 Å². The number of imidazole rings is 1. The van der Waals surface area contributed by atoms with Gasteiger partial charge in [-0.25, -0.2) is 9.59 Å². The summed E-state index contributed by atoms with van der Waals surface area (Å²) in [6.07, 6.45) is 9.19. The third kappa shape index (κ3) is 4.69. The lowest BCUT2D eigenvalue weighted by atomic mass is 9.97. The zero-order valence-electron chi connectivity index (χ0n) is 17.3. The molecule has 5 heteroatoms. The number of H-pyrrole nitrogens is 1. The van der Waals surface area contributed by atoms with Gasteiger partial charge in [-0.3, -0.25) is 4.57 Å². The summed E-state index contributed by atoms with van der Waals surface area (Å²) in [4.78, 5) is 27.0. The van der Waals surface area contributed by atoms with Gasteiger partial charge in [0, 0.05) is 30.8 Å². The lowest BCUT2D eigenvalue weighted by Crippen LogP contribution is -2.18. The molecule has 0 spiro atoms. The molecule has 2 aromatic carbocycles. The molecule has 0 radical (unpaired) electrons. The van der Waals surface area contributed by atoms with Gasteiger partial charge in [0.05, 0.1) is 5.56 Å². The Kier molecular flexibility index (Phi) is 6.86. The van der Waals surface area contributed by atoms with E-state index in [9.17, 15) is 14.7 Å². The molecule has 1 aromatic heterocycles. The van der Waals surface area contributed by atoms with Crippen molar-refractivity contribution in [2.24, 2.45) is 0 Å². The first kappa shape index (κ1) is 21.1. The number of aromatic nitrogens is 2. The smallest absolute Gasteiger partial charge is 0.336 e. The van der Waals surface area contributed by atoms with Crippen LogP contribution in [-0.2, 0) is 19.4 Å². The first-order chi connectivity index (χ1) is 14.5. The Morgan fingerprint density at radius 1 is 1.03 bits per heavy atom. The van der Waals surface area contributed by atoms with E-state index in [2.05, 4.69) is 4.98 Å². The molecule has 154 valence electrons. The van der Waals surface area contributed by atoms with E-state index in [0.29, 0.717) is 24.9 Å². The van der Waals surface area contributed by atoms with Crippen LogP contribution in [0, 0.1) is 0 Å². The highest BCUT2D eigenvalue weighted by Crippen LogP contribution is 2.25. The maximum atomic E-state index is 12.5. The first-order valence-electron chi connectivity index (χ1n) is 9.99. The molecule has 3 rings (SSSR count). The van der Waals surface area contributed by atoms with Crippen molar-refractivity contribution in [3.05, 3.63) is 106 Å².